The summed E-state index contributed by atoms with van der Waals surface area (Å²) >= 11 is 9.88. The summed E-state index contributed by atoms with van der Waals surface area (Å²) in [7, 11) is 0. The van der Waals surface area contributed by atoms with Crippen molar-refractivity contribution in [1.82, 2.24) is 0 Å². The van der Waals surface area contributed by atoms with E-state index in [1.807, 2.05) is 42.2 Å². The molecule has 0 spiro atoms. The van der Waals surface area contributed by atoms with Crippen molar-refractivity contribution < 1.29 is 19.5 Å². The summed E-state index contributed by atoms with van der Waals surface area (Å²) in [6, 6.07) is 9.94. The Morgan fingerprint density at radius 1 is 1.38 bits per heavy atom. The molecule has 0 unspecified atom stereocenters. The van der Waals surface area contributed by atoms with Gasteiger partial charge >= 0.3 is 0 Å². The summed E-state index contributed by atoms with van der Waals surface area (Å²) in [5.74, 6) is 0. The molecule has 0 fully saturated rings. The average Bonchev–Trinajstić information content (AvgIpc) is 2.07. The standard InChI is InChI=1S/C9H11NS2.Zn/c1-2-10(9(11)12)8-6-4-3-5-7-8;/h3-7H,2H2,1H3,(H,11,12);/p-1. The van der Waals surface area contributed by atoms with Gasteiger partial charge in [-0.15, -0.1) is 0 Å². The fraction of sp³-hybridized carbons (Fsp3) is 0.222. The van der Waals surface area contributed by atoms with E-state index >= 15 is 0 Å². The zero-order valence-corrected chi connectivity index (χ0v) is 12.2. The van der Waals surface area contributed by atoms with Crippen molar-refractivity contribution in [3.63, 3.8) is 0 Å². The van der Waals surface area contributed by atoms with Crippen LogP contribution in [0.3, 0.4) is 0 Å². The predicted molar refractivity (Wildman–Crippen MR) is 59.4 cm³/mol. The second-order valence-electron chi connectivity index (χ2n) is 2.35. The normalized spacial score (nSPS) is 8.69. The molecular formula is C9H10NS2Zn-. The maximum atomic E-state index is 4.94. The quantitative estimate of drug-likeness (QED) is 0.457. The molecule has 0 atom stereocenters. The Labute approximate surface area is 103 Å². The van der Waals surface area contributed by atoms with Crippen molar-refractivity contribution in [2.45, 2.75) is 6.92 Å². The van der Waals surface area contributed by atoms with Crippen molar-refractivity contribution in [2.75, 3.05) is 11.4 Å². The molecule has 0 heterocycles. The van der Waals surface area contributed by atoms with Crippen LogP contribution in [0.4, 0.5) is 5.69 Å². The predicted octanol–water partition coefficient (Wildman–Crippen LogP) is 2.34. The fourth-order valence-electron chi connectivity index (χ4n) is 1.03. The molecule has 0 aliphatic rings. The summed E-state index contributed by atoms with van der Waals surface area (Å²) in [5, 5.41) is 0. The van der Waals surface area contributed by atoms with Gasteiger partial charge in [-0.2, -0.15) is 0 Å². The largest absolute Gasteiger partial charge is 0.411 e. The van der Waals surface area contributed by atoms with E-state index < -0.39 is 0 Å². The van der Waals surface area contributed by atoms with E-state index in [0.717, 1.165) is 12.2 Å². The maximum Gasteiger partial charge on any atom is 0.0397 e. The van der Waals surface area contributed by atoms with Crippen molar-refractivity contribution >= 4 is 34.9 Å². The van der Waals surface area contributed by atoms with Crippen molar-refractivity contribution in [2.24, 2.45) is 0 Å². The topological polar surface area (TPSA) is 3.24 Å². The number of hydrogen-bond acceptors (Lipinski definition) is 2. The molecule has 0 aliphatic heterocycles. The minimum absolute atomic E-state index is 0. The third-order valence-corrected chi connectivity index (χ3v) is 2.05. The third kappa shape index (κ3) is 3.67. The Hall–Kier alpha value is -0.0466. The van der Waals surface area contributed by atoms with E-state index in [2.05, 4.69) is 0 Å². The van der Waals surface area contributed by atoms with Crippen LogP contribution in [0.2, 0.25) is 0 Å². The molecule has 13 heavy (non-hydrogen) atoms. The molecule has 66 valence electrons. The van der Waals surface area contributed by atoms with Gasteiger partial charge in [0.25, 0.3) is 0 Å². The van der Waals surface area contributed by atoms with Gasteiger partial charge in [0.1, 0.15) is 0 Å². The number of anilines is 1. The molecule has 0 radical (unpaired) electrons. The van der Waals surface area contributed by atoms with Gasteiger partial charge in [-0.1, -0.05) is 22.5 Å². The van der Waals surface area contributed by atoms with Gasteiger partial charge in [0.2, 0.25) is 0 Å². The second-order valence-corrected chi connectivity index (χ2v) is 3.38. The molecule has 0 saturated carbocycles. The first-order valence-electron chi connectivity index (χ1n) is 3.79. The van der Waals surface area contributed by atoms with Gasteiger partial charge in [0, 0.05) is 31.7 Å². The van der Waals surface area contributed by atoms with Crippen molar-refractivity contribution in [3.05, 3.63) is 30.3 Å². The van der Waals surface area contributed by atoms with E-state index in [1.54, 1.807) is 0 Å². The molecular weight excluding hydrogens is 252 g/mol. The Bertz CT molecular complexity index is 264. The van der Waals surface area contributed by atoms with Gasteiger partial charge in [-0.25, -0.2) is 0 Å². The van der Waals surface area contributed by atoms with Crippen LogP contribution in [0.15, 0.2) is 30.3 Å². The van der Waals surface area contributed by atoms with Crippen LogP contribution in [0, 0.1) is 0 Å². The second kappa shape index (κ2) is 6.41. The zero-order valence-electron chi connectivity index (χ0n) is 7.56. The number of hydrogen-bond donors (Lipinski definition) is 0. The Morgan fingerprint density at radius 3 is 2.31 bits per heavy atom. The van der Waals surface area contributed by atoms with E-state index in [0.29, 0.717) is 4.32 Å². The van der Waals surface area contributed by atoms with Crippen LogP contribution in [0.1, 0.15) is 6.92 Å². The summed E-state index contributed by atoms with van der Waals surface area (Å²) in [5.41, 5.74) is 1.07. The molecule has 1 nitrogen and oxygen atoms in total. The summed E-state index contributed by atoms with van der Waals surface area (Å²) in [6.07, 6.45) is 0. The van der Waals surface area contributed by atoms with Crippen molar-refractivity contribution in [3.8, 4) is 0 Å². The van der Waals surface area contributed by atoms with Gasteiger partial charge in [0.15, 0.2) is 0 Å². The fourth-order valence-corrected chi connectivity index (χ4v) is 1.49. The minimum atomic E-state index is 0. The van der Waals surface area contributed by atoms with E-state index in [4.69, 9.17) is 24.8 Å². The summed E-state index contributed by atoms with van der Waals surface area (Å²) in [6.45, 7) is 2.86. The van der Waals surface area contributed by atoms with E-state index in [-0.39, 0.29) is 19.5 Å². The molecule has 0 bridgehead atoms. The van der Waals surface area contributed by atoms with Gasteiger partial charge < -0.3 is 29.7 Å². The van der Waals surface area contributed by atoms with Crippen LogP contribution in [0.25, 0.3) is 0 Å². The van der Waals surface area contributed by atoms with Crippen LogP contribution < -0.4 is 4.90 Å². The number of rotatable bonds is 2. The van der Waals surface area contributed by atoms with Crippen LogP contribution >= 0.6 is 12.2 Å². The van der Waals surface area contributed by atoms with Gasteiger partial charge in [-0.05, 0) is 19.1 Å². The first-order chi connectivity index (χ1) is 5.75. The van der Waals surface area contributed by atoms with E-state index in [9.17, 15) is 0 Å². The smallest absolute Gasteiger partial charge is 0.0397 e. The minimum Gasteiger partial charge on any atom is -0.411 e. The molecule has 0 aliphatic carbocycles. The molecule has 1 rings (SSSR count). The zero-order chi connectivity index (χ0) is 8.97. The first-order valence-corrected chi connectivity index (χ1v) is 4.61. The van der Waals surface area contributed by atoms with Crippen LogP contribution in [0.5, 0.6) is 0 Å². The van der Waals surface area contributed by atoms with E-state index in [1.165, 1.54) is 0 Å². The first kappa shape index (κ1) is 13.0. The monoisotopic (exact) mass is 260 g/mol. The molecule has 1 aromatic carbocycles. The third-order valence-electron chi connectivity index (χ3n) is 1.60. The average molecular weight is 262 g/mol. The molecule has 0 aromatic heterocycles. The van der Waals surface area contributed by atoms with Crippen molar-refractivity contribution in [1.29, 1.82) is 0 Å². The maximum absolute atomic E-state index is 4.94. The number of thiocarbonyl (C=S) groups is 1. The van der Waals surface area contributed by atoms with Crippen LogP contribution in [-0.4, -0.2) is 10.9 Å². The number of nitrogens with zero attached hydrogens (tertiary/aromatic N) is 1. The Kier molecular flexibility index (Phi) is 6.39. The molecule has 0 N–H and O–H groups in total. The van der Waals surface area contributed by atoms with Gasteiger partial charge in [-0.3, -0.25) is 0 Å². The molecule has 0 saturated heterocycles. The SMILES string of the molecule is CCN(C(=S)[S-])c1ccccc1.[Zn]. The Morgan fingerprint density at radius 2 is 1.92 bits per heavy atom. The number of para-hydroxylation sites is 1. The summed E-state index contributed by atoms with van der Waals surface area (Å²) in [4.78, 5) is 1.92. The molecule has 4 heteroatoms. The van der Waals surface area contributed by atoms with Crippen LogP contribution in [-0.2, 0) is 32.1 Å². The van der Waals surface area contributed by atoms with Gasteiger partial charge in [0.05, 0.1) is 0 Å². The summed E-state index contributed by atoms with van der Waals surface area (Å²) < 4.78 is 0.503. The number of benzene rings is 1. The Balaban J connectivity index is 0.00000144. The molecule has 1 aromatic rings. The molecule has 0 amide bonds.